The van der Waals surface area contributed by atoms with Crippen LogP contribution in [-0.2, 0) is 28.7 Å². The molecule has 0 amide bonds. The number of fused-ring (bicyclic) bond motifs is 5. The van der Waals surface area contributed by atoms with Crippen LogP contribution in [0.15, 0.2) is 23.8 Å². The highest BCUT2D eigenvalue weighted by atomic mass is 35.5. The molecule has 8 atom stereocenters. The average Bonchev–Trinajstić information content (AvgIpc) is 3.05. The van der Waals surface area contributed by atoms with Gasteiger partial charge in [-0.05, 0) is 49.7 Å². The van der Waals surface area contributed by atoms with Crippen molar-refractivity contribution in [3.8, 4) is 24.7 Å². The van der Waals surface area contributed by atoms with Crippen LogP contribution in [0.3, 0.4) is 0 Å². The van der Waals surface area contributed by atoms with Crippen LogP contribution in [0.5, 0.6) is 0 Å². The minimum Gasteiger partial charge on any atom is -0.448 e. The number of aliphatic hydroxyl groups is 1. The number of esters is 2. The molecule has 0 bridgehead atoms. The van der Waals surface area contributed by atoms with Crippen molar-refractivity contribution in [3.63, 3.8) is 0 Å². The van der Waals surface area contributed by atoms with E-state index in [0.717, 1.165) is 5.57 Å². The van der Waals surface area contributed by atoms with Crippen molar-refractivity contribution in [2.75, 3.05) is 6.61 Å². The monoisotopic (exact) mass is 512 g/mol. The number of alkyl halides is 1. The van der Waals surface area contributed by atoms with E-state index in [0.29, 0.717) is 19.3 Å². The van der Waals surface area contributed by atoms with Gasteiger partial charge in [-0.25, -0.2) is 9.59 Å². The van der Waals surface area contributed by atoms with E-state index in [1.54, 1.807) is 31.9 Å². The number of hydrogen-bond donors (Lipinski definition) is 1. The van der Waals surface area contributed by atoms with E-state index in [-0.39, 0.29) is 24.0 Å². The summed E-state index contributed by atoms with van der Waals surface area (Å²) < 4.78 is 10.7. The second kappa shape index (κ2) is 8.61. The summed E-state index contributed by atoms with van der Waals surface area (Å²) in [6, 6.07) is 0. The maximum atomic E-state index is 13.7. The molecule has 0 aromatic rings. The molecule has 0 radical (unpaired) electrons. The Balaban J connectivity index is 1.82. The molecule has 36 heavy (non-hydrogen) atoms. The normalized spacial score (nSPS) is 42.5. The number of hydrogen-bond acceptors (Lipinski definition) is 7. The third-order valence-corrected chi connectivity index (χ3v) is 10.3. The number of Topliss-reactive ketones (excluding diaryl/α,β-unsaturated/α-hetero) is 1. The molecule has 1 N–H and O–H groups in total. The Bertz CT molecular complexity index is 1190. The predicted molar refractivity (Wildman–Crippen MR) is 130 cm³/mol. The van der Waals surface area contributed by atoms with Gasteiger partial charge < -0.3 is 14.6 Å². The van der Waals surface area contributed by atoms with Crippen molar-refractivity contribution in [1.82, 2.24) is 0 Å². The molecule has 4 aliphatic carbocycles. The number of ketones is 2. The molecule has 0 saturated heterocycles. The fourth-order valence-corrected chi connectivity index (χ4v) is 8.38. The SMILES string of the molecule is C#CC(=O)OCC(=O)[C@@]1(OC(=O)C#C)C(C)CC2C3CCC4=CC(=O)C=CC4(C)C3(Cl)C(O)CC21C. The number of aliphatic hydroxyl groups excluding tert-OH is 1. The molecular weight excluding hydrogens is 484 g/mol. The maximum absolute atomic E-state index is 13.7. The zero-order valence-corrected chi connectivity index (χ0v) is 21.3. The summed E-state index contributed by atoms with van der Waals surface area (Å²) in [7, 11) is 0. The lowest BCUT2D eigenvalue weighted by Crippen LogP contribution is -2.69. The number of ether oxygens (including phenoxy) is 2. The molecule has 0 aliphatic heterocycles. The van der Waals surface area contributed by atoms with E-state index >= 15 is 0 Å². The Labute approximate surface area is 215 Å². The summed E-state index contributed by atoms with van der Waals surface area (Å²) in [6.45, 7) is 4.82. The first-order valence-corrected chi connectivity index (χ1v) is 12.4. The number of terminal acetylenes is 2. The zero-order valence-electron chi connectivity index (χ0n) is 20.5. The summed E-state index contributed by atoms with van der Waals surface area (Å²) in [5.74, 6) is -0.125. The van der Waals surface area contributed by atoms with Gasteiger partial charge in [0.05, 0.1) is 11.0 Å². The van der Waals surface area contributed by atoms with Gasteiger partial charge in [-0.2, -0.15) is 0 Å². The lowest BCUT2D eigenvalue weighted by atomic mass is 9.45. The van der Waals surface area contributed by atoms with E-state index in [2.05, 4.69) is 0 Å². The molecule has 0 spiro atoms. The fraction of sp³-hybridized carbons (Fsp3) is 0.571. The minimum absolute atomic E-state index is 0.0271. The van der Waals surface area contributed by atoms with Crippen molar-refractivity contribution in [3.05, 3.63) is 23.8 Å². The second-order valence-corrected chi connectivity index (χ2v) is 11.4. The summed E-state index contributed by atoms with van der Waals surface area (Å²) in [5, 5.41) is 11.7. The third kappa shape index (κ3) is 3.26. The molecule has 4 aliphatic rings. The summed E-state index contributed by atoms with van der Waals surface area (Å²) in [4.78, 5) is 48.7. The number of carbonyl (C=O) groups is 4. The first-order valence-electron chi connectivity index (χ1n) is 12.0. The first kappa shape index (κ1) is 26.2. The average molecular weight is 513 g/mol. The van der Waals surface area contributed by atoms with Gasteiger partial charge in [-0.3, -0.25) is 9.59 Å². The van der Waals surface area contributed by atoms with Crippen molar-refractivity contribution < 1.29 is 33.8 Å². The van der Waals surface area contributed by atoms with Gasteiger partial charge in [0.15, 0.2) is 18.0 Å². The molecule has 7 unspecified atom stereocenters. The molecule has 3 fully saturated rings. The topological polar surface area (TPSA) is 107 Å². The van der Waals surface area contributed by atoms with Gasteiger partial charge in [0.2, 0.25) is 5.78 Å². The van der Waals surface area contributed by atoms with E-state index in [1.807, 2.05) is 12.8 Å². The molecular formula is C28H29ClO7. The highest BCUT2D eigenvalue weighted by molar-refractivity contribution is 6.26. The van der Waals surface area contributed by atoms with E-state index in [9.17, 15) is 24.3 Å². The highest BCUT2D eigenvalue weighted by Gasteiger charge is 2.76. The zero-order chi connectivity index (χ0) is 26.7. The highest BCUT2D eigenvalue weighted by Crippen LogP contribution is 2.72. The standard InChI is InChI=1S/C28H29ClO7/c1-6-23(33)35-15-22(32)28(36-24(34)7-2)16(3)12-20-19-9-8-17-13-18(30)10-11-25(17,4)27(19,29)21(31)14-26(20,28)5/h1-2,10-11,13,16,19-21,31H,8-9,12,14-15H2,3-5H3/t16?,19?,20?,21?,25?,26?,27?,28-/m0/s1. The number of carbonyl (C=O) groups excluding carboxylic acids is 4. The molecule has 3 saturated carbocycles. The van der Waals surface area contributed by atoms with Crippen molar-refractivity contribution in [2.45, 2.75) is 63.0 Å². The third-order valence-electron chi connectivity index (χ3n) is 9.42. The molecule has 8 heteroatoms. The second-order valence-electron chi connectivity index (χ2n) is 10.8. The van der Waals surface area contributed by atoms with Gasteiger partial charge in [0, 0.05) is 28.6 Å². The maximum Gasteiger partial charge on any atom is 0.385 e. The van der Waals surface area contributed by atoms with Crippen LogP contribution in [0.1, 0.15) is 46.5 Å². The largest absolute Gasteiger partial charge is 0.448 e. The Kier molecular flexibility index (Phi) is 6.27. The Morgan fingerprint density at radius 3 is 2.50 bits per heavy atom. The quantitative estimate of drug-likeness (QED) is 0.267. The summed E-state index contributed by atoms with van der Waals surface area (Å²) >= 11 is 7.42. The van der Waals surface area contributed by atoms with Gasteiger partial charge in [0.1, 0.15) is 0 Å². The molecule has 0 aromatic carbocycles. The molecule has 7 nitrogen and oxygen atoms in total. The fourth-order valence-electron chi connectivity index (χ4n) is 7.85. The molecule has 4 rings (SSSR count). The lowest BCUT2D eigenvalue weighted by molar-refractivity contribution is -0.199. The number of rotatable bonds is 4. The smallest absolute Gasteiger partial charge is 0.385 e. The van der Waals surface area contributed by atoms with Crippen molar-refractivity contribution in [2.24, 2.45) is 28.6 Å². The van der Waals surface area contributed by atoms with Crippen LogP contribution in [-0.4, -0.2) is 51.8 Å². The number of allylic oxidation sites excluding steroid dienone is 4. The van der Waals surface area contributed by atoms with Crippen LogP contribution >= 0.6 is 11.6 Å². The van der Waals surface area contributed by atoms with Gasteiger partial charge in [0.25, 0.3) is 0 Å². The number of halogens is 1. The molecule has 0 aromatic heterocycles. The van der Waals surface area contributed by atoms with Gasteiger partial charge in [-0.1, -0.05) is 32.4 Å². The Morgan fingerprint density at radius 2 is 1.86 bits per heavy atom. The summed E-state index contributed by atoms with van der Waals surface area (Å²) in [6.07, 6.45) is 15.8. The van der Waals surface area contributed by atoms with Crippen molar-refractivity contribution >= 4 is 35.1 Å². The first-order chi connectivity index (χ1) is 16.8. The molecule has 190 valence electrons. The van der Waals surface area contributed by atoms with E-state index in [4.69, 9.17) is 33.9 Å². The van der Waals surface area contributed by atoms with Gasteiger partial charge in [-0.15, -0.1) is 24.4 Å². The van der Waals surface area contributed by atoms with Gasteiger partial charge >= 0.3 is 11.9 Å². The summed E-state index contributed by atoms with van der Waals surface area (Å²) in [5.41, 5.74) is -2.72. The lowest BCUT2D eigenvalue weighted by Gasteiger charge is -2.64. The molecule has 0 heterocycles. The van der Waals surface area contributed by atoms with E-state index in [1.165, 1.54) is 6.08 Å². The van der Waals surface area contributed by atoms with Crippen LogP contribution < -0.4 is 0 Å². The Hall–Kier alpha value is -2.87. The Morgan fingerprint density at radius 1 is 1.19 bits per heavy atom. The van der Waals surface area contributed by atoms with Crippen LogP contribution in [0.2, 0.25) is 0 Å². The minimum atomic E-state index is -1.76. The van der Waals surface area contributed by atoms with E-state index < -0.39 is 57.7 Å². The van der Waals surface area contributed by atoms with Crippen molar-refractivity contribution in [1.29, 1.82) is 0 Å². The predicted octanol–water partition coefficient (Wildman–Crippen LogP) is 2.53. The van der Waals surface area contributed by atoms with Crippen LogP contribution in [0.25, 0.3) is 0 Å². The van der Waals surface area contributed by atoms with Crippen LogP contribution in [0, 0.1) is 53.3 Å². The van der Waals surface area contributed by atoms with Crippen LogP contribution in [0.4, 0.5) is 0 Å².